The Balaban J connectivity index is 1.67. The van der Waals surface area contributed by atoms with Gasteiger partial charge in [0.2, 0.25) is 5.91 Å². The molecule has 154 valence electrons. The lowest BCUT2D eigenvalue weighted by molar-refractivity contribution is -0.126. The van der Waals surface area contributed by atoms with Crippen LogP contribution in [0.2, 0.25) is 0 Å². The fraction of sp³-hybridized carbons (Fsp3) is 0.231. The predicted octanol–water partition coefficient (Wildman–Crippen LogP) is 3.99. The Morgan fingerprint density at radius 1 is 0.800 bits per heavy atom. The summed E-state index contributed by atoms with van der Waals surface area (Å²) < 4.78 is 0. The first-order chi connectivity index (χ1) is 14.5. The number of hydrogen-bond donors (Lipinski definition) is 2. The van der Waals surface area contributed by atoms with E-state index < -0.39 is 6.04 Å². The molecule has 0 unspecified atom stereocenters. The lowest BCUT2D eigenvalue weighted by Crippen LogP contribution is -2.45. The Morgan fingerprint density at radius 2 is 1.37 bits per heavy atom. The topological polar surface area (TPSA) is 58.2 Å². The molecule has 1 amide bonds. The zero-order valence-electron chi connectivity index (χ0n) is 17.5. The molecule has 3 aromatic carbocycles. The second-order valence-corrected chi connectivity index (χ2v) is 7.56. The van der Waals surface area contributed by atoms with Crippen molar-refractivity contribution in [1.29, 1.82) is 0 Å². The standard InChI is InChI=1S/C26H28N2O2/c1-19-13-15-23(16-14-19)26(22-11-7-4-8-12-22)27-18-25(30)28-24(20(2)29)17-21-9-5-3-6-10-21/h3-16,24,26-27H,17-18H2,1-2H3,(H,28,30)/t24-,26+/m1/s1. The highest BCUT2D eigenvalue weighted by atomic mass is 16.2. The van der Waals surface area contributed by atoms with Crippen LogP contribution >= 0.6 is 0 Å². The van der Waals surface area contributed by atoms with Crippen molar-refractivity contribution in [3.8, 4) is 0 Å². The minimum Gasteiger partial charge on any atom is -0.345 e. The van der Waals surface area contributed by atoms with Crippen LogP contribution in [0.3, 0.4) is 0 Å². The van der Waals surface area contributed by atoms with Gasteiger partial charge in [-0.2, -0.15) is 0 Å². The fourth-order valence-electron chi connectivity index (χ4n) is 3.42. The minimum atomic E-state index is -0.531. The smallest absolute Gasteiger partial charge is 0.234 e. The van der Waals surface area contributed by atoms with Crippen LogP contribution in [0.15, 0.2) is 84.9 Å². The number of ketones is 1. The Labute approximate surface area is 178 Å². The van der Waals surface area contributed by atoms with Gasteiger partial charge < -0.3 is 5.32 Å². The van der Waals surface area contributed by atoms with Crippen LogP contribution in [-0.2, 0) is 16.0 Å². The number of rotatable bonds is 9. The van der Waals surface area contributed by atoms with Crippen molar-refractivity contribution in [1.82, 2.24) is 10.6 Å². The van der Waals surface area contributed by atoms with E-state index in [9.17, 15) is 9.59 Å². The van der Waals surface area contributed by atoms with Crippen LogP contribution in [0.25, 0.3) is 0 Å². The Bertz CT molecular complexity index is 953. The molecule has 0 radical (unpaired) electrons. The van der Waals surface area contributed by atoms with Gasteiger partial charge in [-0.3, -0.25) is 14.9 Å². The molecule has 3 rings (SSSR count). The van der Waals surface area contributed by atoms with Gasteiger partial charge in [0.1, 0.15) is 0 Å². The Kier molecular flexibility index (Phi) is 7.52. The monoisotopic (exact) mass is 400 g/mol. The van der Waals surface area contributed by atoms with Crippen LogP contribution in [0.1, 0.15) is 35.2 Å². The lowest BCUT2D eigenvalue weighted by Gasteiger charge is -2.21. The van der Waals surface area contributed by atoms with Gasteiger partial charge in [0, 0.05) is 0 Å². The summed E-state index contributed by atoms with van der Waals surface area (Å²) in [4.78, 5) is 24.7. The average molecular weight is 401 g/mol. The summed E-state index contributed by atoms with van der Waals surface area (Å²) in [5, 5.41) is 6.24. The summed E-state index contributed by atoms with van der Waals surface area (Å²) in [5.41, 5.74) is 4.38. The highest BCUT2D eigenvalue weighted by Crippen LogP contribution is 2.22. The third-order valence-electron chi connectivity index (χ3n) is 5.12. The first-order valence-corrected chi connectivity index (χ1v) is 10.2. The molecule has 0 bridgehead atoms. The third-order valence-corrected chi connectivity index (χ3v) is 5.12. The molecule has 0 aliphatic heterocycles. The molecule has 0 fully saturated rings. The van der Waals surface area contributed by atoms with Gasteiger partial charge in [0.25, 0.3) is 0 Å². The van der Waals surface area contributed by atoms with Gasteiger partial charge in [-0.25, -0.2) is 0 Å². The molecule has 0 saturated carbocycles. The van der Waals surface area contributed by atoms with Crippen LogP contribution in [-0.4, -0.2) is 24.3 Å². The van der Waals surface area contributed by atoms with E-state index in [1.54, 1.807) is 0 Å². The number of carbonyl (C=O) groups excluding carboxylic acids is 2. The van der Waals surface area contributed by atoms with E-state index in [1.807, 2.05) is 60.7 Å². The molecular weight excluding hydrogens is 372 g/mol. The molecule has 4 heteroatoms. The molecule has 0 spiro atoms. The molecule has 0 aromatic heterocycles. The van der Waals surface area contributed by atoms with Crippen LogP contribution in [0.4, 0.5) is 0 Å². The number of carbonyl (C=O) groups is 2. The number of amides is 1. The van der Waals surface area contributed by atoms with Gasteiger partial charge >= 0.3 is 0 Å². The summed E-state index contributed by atoms with van der Waals surface area (Å²) in [6.45, 7) is 3.68. The van der Waals surface area contributed by atoms with Crippen molar-refractivity contribution in [3.05, 3.63) is 107 Å². The number of aryl methyl sites for hydroxylation is 1. The van der Waals surface area contributed by atoms with E-state index in [1.165, 1.54) is 12.5 Å². The third kappa shape index (κ3) is 6.13. The van der Waals surface area contributed by atoms with Crippen molar-refractivity contribution in [2.45, 2.75) is 32.4 Å². The molecule has 0 heterocycles. The fourth-order valence-corrected chi connectivity index (χ4v) is 3.42. The van der Waals surface area contributed by atoms with E-state index in [0.29, 0.717) is 6.42 Å². The average Bonchev–Trinajstić information content (AvgIpc) is 2.76. The lowest BCUT2D eigenvalue weighted by atomic mass is 9.98. The largest absolute Gasteiger partial charge is 0.345 e. The zero-order valence-corrected chi connectivity index (χ0v) is 17.5. The number of hydrogen-bond acceptors (Lipinski definition) is 3. The van der Waals surface area contributed by atoms with Gasteiger partial charge in [0.05, 0.1) is 18.6 Å². The van der Waals surface area contributed by atoms with Gasteiger partial charge in [-0.1, -0.05) is 90.5 Å². The van der Waals surface area contributed by atoms with Crippen LogP contribution in [0.5, 0.6) is 0 Å². The molecule has 3 aromatic rings. The number of benzene rings is 3. The maximum atomic E-state index is 12.6. The SMILES string of the molecule is CC(=O)[C@@H](Cc1ccccc1)NC(=O)CN[C@@H](c1ccccc1)c1ccc(C)cc1. The van der Waals surface area contributed by atoms with Gasteiger partial charge in [0.15, 0.2) is 5.78 Å². The molecular formula is C26H28N2O2. The van der Waals surface area contributed by atoms with Gasteiger partial charge in [-0.15, -0.1) is 0 Å². The highest BCUT2D eigenvalue weighted by Gasteiger charge is 2.19. The van der Waals surface area contributed by atoms with Crippen molar-refractivity contribution < 1.29 is 9.59 Å². The van der Waals surface area contributed by atoms with Crippen LogP contribution in [0, 0.1) is 6.92 Å². The minimum absolute atomic E-state index is 0.0506. The second-order valence-electron chi connectivity index (χ2n) is 7.56. The maximum Gasteiger partial charge on any atom is 0.234 e. The van der Waals surface area contributed by atoms with Crippen molar-refractivity contribution in [2.24, 2.45) is 0 Å². The summed E-state index contributed by atoms with van der Waals surface area (Å²) in [6.07, 6.45) is 0.488. The van der Waals surface area contributed by atoms with Crippen molar-refractivity contribution in [3.63, 3.8) is 0 Å². The van der Waals surface area contributed by atoms with Crippen molar-refractivity contribution >= 4 is 11.7 Å². The molecule has 0 aliphatic rings. The maximum absolute atomic E-state index is 12.6. The van der Waals surface area contributed by atoms with Gasteiger partial charge in [-0.05, 0) is 37.0 Å². The zero-order chi connectivity index (χ0) is 21.3. The van der Waals surface area contributed by atoms with E-state index >= 15 is 0 Å². The summed E-state index contributed by atoms with van der Waals surface area (Å²) in [5.74, 6) is -0.246. The Hall–Kier alpha value is -3.24. The van der Waals surface area contributed by atoms with E-state index in [0.717, 1.165) is 16.7 Å². The quantitative estimate of drug-likeness (QED) is 0.571. The summed E-state index contributed by atoms with van der Waals surface area (Å²) in [6, 6.07) is 27.4. The summed E-state index contributed by atoms with van der Waals surface area (Å²) in [7, 11) is 0. The van der Waals surface area contributed by atoms with E-state index in [2.05, 4.69) is 41.8 Å². The molecule has 30 heavy (non-hydrogen) atoms. The molecule has 0 saturated heterocycles. The first kappa shape index (κ1) is 21.5. The Morgan fingerprint density at radius 3 is 1.97 bits per heavy atom. The van der Waals surface area contributed by atoms with Crippen LogP contribution < -0.4 is 10.6 Å². The molecule has 2 atom stereocenters. The number of Topliss-reactive ketones (excluding diaryl/α,β-unsaturated/α-hetero) is 1. The predicted molar refractivity (Wildman–Crippen MR) is 120 cm³/mol. The van der Waals surface area contributed by atoms with E-state index in [4.69, 9.17) is 0 Å². The normalized spacial score (nSPS) is 12.7. The first-order valence-electron chi connectivity index (χ1n) is 10.2. The molecule has 0 aliphatic carbocycles. The van der Waals surface area contributed by atoms with E-state index in [-0.39, 0.29) is 24.3 Å². The summed E-state index contributed by atoms with van der Waals surface area (Å²) >= 11 is 0. The molecule has 4 nitrogen and oxygen atoms in total. The van der Waals surface area contributed by atoms with Crippen molar-refractivity contribution in [2.75, 3.05) is 6.54 Å². The number of nitrogens with one attached hydrogen (secondary N) is 2. The highest BCUT2D eigenvalue weighted by molar-refractivity contribution is 5.88. The molecule has 2 N–H and O–H groups in total. The second kappa shape index (κ2) is 10.5.